The minimum absolute atomic E-state index is 0. The normalized spacial score (nSPS) is 14.5. The van der Waals surface area contributed by atoms with E-state index in [9.17, 15) is 5.11 Å². The van der Waals surface area contributed by atoms with Crippen LogP contribution < -0.4 is 9.80 Å². The summed E-state index contributed by atoms with van der Waals surface area (Å²) in [7, 11) is 1.97. The van der Waals surface area contributed by atoms with Gasteiger partial charge in [-0.15, -0.1) is 12.4 Å². The third-order valence-electron chi connectivity index (χ3n) is 8.08. The molecule has 9 heteroatoms. The number of nitrogens with zero attached hydrogens (tertiary/aromatic N) is 7. The number of likely N-dealkylation sites (N-methyl/N-ethyl adjacent to an activating group) is 1. The highest BCUT2D eigenvalue weighted by Crippen LogP contribution is 2.31. The van der Waals surface area contributed by atoms with Crippen LogP contribution in [0.5, 0.6) is 0 Å². The van der Waals surface area contributed by atoms with Crippen LogP contribution in [0, 0.1) is 13.8 Å². The largest absolute Gasteiger partial charge is 0.390 e. The van der Waals surface area contributed by atoms with Crippen LogP contribution in [0.25, 0.3) is 28.2 Å². The predicted octanol–water partition coefficient (Wildman–Crippen LogP) is 5.14. The number of anilines is 2. The van der Waals surface area contributed by atoms with Gasteiger partial charge in [0.1, 0.15) is 12.2 Å². The number of halogens is 1. The highest BCUT2D eigenvalue weighted by atomic mass is 35.5. The fourth-order valence-electron chi connectivity index (χ4n) is 5.77. The number of aryl methyl sites for hydroxylation is 1. The summed E-state index contributed by atoms with van der Waals surface area (Å²) in [4.78, 5) is 21.1. The van der Waals surface area contributed by atoms with Crippen LogP contribution in [0.4, 0.5) is 11.5 Å². The lowest BCUT2D eigenvalue weighted by Crippen LogP contribution is -2.50. The van der Waals surface area contributed by atoms with Gasteiger partial charge in [-0.1, -0.05) is 60.7 Å². The number of rotatable bonds is 8. The van der Waals surface area contributed by atoms with Gasteiger partial charge in [-0.25, -0.2) is 15.0 Å². The summed E-state index contributed by atoms with van der Waals surface area (Å²) in [5, 5.41) is 11.1. The van der Waals surface area contributed by atoms with E-state index < -0.39 is 6.10 Å². The van der Waals surface area contributed by atoms with Crippen molar-refractivity contribution >= 4 is 35.1 Å². The SMILES string of the molecule is Cc1cccc(N2CCN(CC(O)CN(C)c3ncnc4c3nc(-c3ccccc3)n4-c3ccccc3)CC2)c1C.Cl. The maximum atomic E-state index is 11.1. The number of imidazole rings is 1. The van der Waals surface area contributed by atoms with Crippen molar-refractivity contribution in [3.05, 3.63) is 96.3 Å². The van der Waals surface area contributed by atoms with Gasteiger partial charge >= 0.3 is 0 Å². The monoisotopic (exact) mass is 583 g/mol. The molecule has 3 aromatic carbocycles. The fourth-order valence-corrected chi connectivity index (χ4v) is 5.77. The van der Waals surface area contributed by atoms with Crippen molar-refractivity contribution < 1.29 is 5.11 Å². The Morgan fingerprint density at radius 1 is 0.857 bits per heavy atom. The minimum atomic E-state index is -0.526. The van der Waals surface area contributed by atoms with Crippen molar-refractivity contribution in [3.8, 4) is 17.1 Å². The molecule has 0 spiro atoms. The van der Waals surface area contributed by atoms with Crippen LogP contribution >= 0.6 is 12.4 Å². The van der Waals surface area contributed by atoms with Crippen molar-refractivity contribution in [2.45, 2.75) is 20.0 Å². The number of β-amino-alcohol motifs (C(OH)–C–C–N with tert-alkyl or cyclic N) is 1. The Morgan fingerprint density at radius 3 is 2.26 bits per heavy atom. The first-order valence-corrected chi connectivity index (χ1v) is 14.3. The quantitative estimate of drug-likeness (QED) is 0.271. The van der Waals surface area contributed by atoms with Crippen molar-refractivity contribution in [1.82, 2.24) is 24.4 Å². The highest BCUT2D eigenvalue weighted by Gasteiger charge is 2.24. The molecule has 0 aliphatic carbocycles. The predicted molar refractivity (Wildman–Crippen MR) is 173 cm³/mol. The van der Waals surface area contributed by atoms with E-state index in [0.29, 0.717) is 24.4 Å². The first-order valence-electron chi connectivity index (χ1n) is 14.3. The summed E-state index contributed by atoms with van der Waals surface area (Å²) in [6, 6.07) is 26.8. The van der Waals surface area contributed by atoms with Gasteiger partial charge in [0.05, 0.1) is 6.10 Å². The van der Waals surface area contributed by atoms with Gasteiger partial charge in [0, 0.05) is 63.3 Å². The highest BCUT2D eigenvalue weighted by molar-refractivity contribution is 5.88. The molecule has 1 unspecified atom stereocenters. The van der Waals surface area contributed by atoms with Gasteiger partial charge in [0.25, 0.3) is 0 Å². The number of hydrogen-bond donors (Lipinski definition) is 1. The van der Waals surface area contributed by atoms with Gasteiger partial charge in [0.15, 0.2) is 17.0 Å². The number of aliphatic hydroxyl groups excluding tert-OH is 1. The standard InChI is InChI=1S/C33H37N7O.ClH/c1-24-11-10-16-29(25(24)2)39-19-17-38(18-20-39)22-28(41)21-37(3)32-30-33(35-23-34-32)40(27-14-8-5-9-15-27)31(36-30)26-12-6-4-7-13-26;/h4-16,23,28,41H,17-22H2,1-3H3;1H. The molecule has 6 rings (SSSR count). The van der Waals surface area contributed by atoms with E-state index in [4.69, 9.17) is 4.98 Å². The maximum absolute atomic E-state index is 11.1. The lowest BCUT2D eigenvalue weighted by atomic mass is 10.1. The van der Waals surface area contributed by atoms with Crippen LogP contribution in [0.1, 0.15) is 11.1 Å². The maximum Gasteiger partial charge on any atom is 0.170 e. The van der Waals surface area contributed by atoms with E-state index in [1.54, 1.807) is 6.33 Å². The van der Waals surface area contributed by atoms with Crippen LogP contribution in [-0.2, 0) is 0 Å². The lowest BCUT2D eigenvalue weighted by Gasteiger charge is -2.38. The summed E-state index contributed by atoms with van der Waals surface area (Å²) in [5.74, 6) is 1.52. The molecular weight excluding hydrogens is 546 g/mol. The molecule has 1 atom stereocenters. The second-order valence-corrected chi connectivity index (χ2v) is 10.9. The zero-order chi connectivity index (χ0) is 28.3. The number of hydrogen-bond acceptors (Lipinski definition) is 7. The number of para-hydroxylation sites is 1. The van der Waals surface area contributed by atoms with Crippen LogP contribution in [0.2, 0.25) is 0 Å². The molecule has 1 saturated heterocycles. The van der Waals surface area contributed by atoms with Gasteiger partial charge in [0.2, 0.25) is 0 Å². The Labute approximate surface area is 253 Å². The number of benzene rings is 3. The summed E-state index contributed by atoms with van der Waals surface area (Å²) in [5.41, 5.74) is 7.44. The molecule has 3 heterocycles. The van der Waals surface area contributed by atoms with E-state index in [-0.39, 0.29) is 12.4 Å². The van der Waals surface area contributed by atoms with Crippen molar-refractivity contribution in [2.24, 2.45) is 0 Å². The molecular formula is C33H38ClN7O. The Morgan fingerprint density at radius 2 is 1.55 bits per heavy atom. The third-order valence-corrected chi connectivity index (χ3v) is 8.08. The topological polar surface area (TPSA) is 73.6 Å². The fraction of sp³-hybridized carbons (Fsp3) is 0.303. The molecule has 1 N–H and O–H groups in total. The molecule has 2 aromatic heterocycles. The number of piperazine rings is 1. The molecule has 0 radical (unpaired) electrons. The first-order chi connectivity index (χ1) is 20.0. The zero-order valence-electron chi connectivity index (χ0n) is 24.4. The molecule has 0 bridgehead atoms. The van der Waals surface area contributed by atoms with E-state index in [1.807, 2.05) is 48.3 Å². The Bertz CT molecular complexity index is 1620. The smallest absolute Gasteiger partial charge is 0.170 e. The Hall–Kier alpha value is -3.98. The molecule has 218 valence electrons. The van der Waals surface area contributed by atoms with Crippen molar-refractivity contribution in [1.29, 1.82) is 0 Å². The van der Waals surface area contributed by atoms with Gasteiger partial charge in [-0.05, 0) is 43.2 Å². The van der Waals surface area contributed by atoms with Crippen molar-refractivity contribution in [3.63, 3.8) is 0 Å². The molecule has 1 fully saturated rings. The number of fused-ring (bicyclic) bond motifs is 1. The van der Waals surface area contributed by atoms with Crippen LogP contribution in [0.15, 0.2) is 85.2 Å². The molecule has 8 nitrogen and oxygen atoms in total. The molecule has 42 heavy (non-hydrogen) atoms. The summed E-state index contributed by atoms with van der Waals surface area (Å²) < 4.78 is 2.08. The van der Waals surface area contributed by atoms with Crippen LogP contribution in [0.3, 0.4) is 0 Å². The minimum Gasteiger partial charge on any atom is -0.390 e. The number of aliphatic hydroxyl groups is 1. The Kier molecular flexibility index (Phi) is 9.06. The zero-order valence-corrected chi connectivity index (χ0v) is 25.2. The van der Waals surface area contributed by atoms with Gasteiger partial charge < -0.3 is 14.9 Å². The van der Waals surface area contributed by atoms with E-state index in [1.165, 1.54) is 16.8 Å². The molecule has 0 amide bonds. The summed E-state index contributed by atoms with van der Waals surface area (Å²) >= 11 is 0. The molecule has 5 aromatic rings. The summed E-state index contributed by atoms with van der Waals surface area (Å²) in [6.07, 6.45) is 1.06. The average molecular weight is 584 g/mol. The average Bonchev–Trinajstić information content (AvgIpc) is 3.40. The third kappa shape index (κ3) is 5.97. The van der Waals surface area contributed by atoms with Crippen molar-refractivity contribution in [2.75, 3.05) is 56.1 Å². The van der Waals surface area contributed by atoms with Crippen LogP contribution in [-0.4, -0.2) is 81.9 Å². The second-order valence-electron chi connectivity index (χ2n) is 10.9. The van der Waals surface area contributed by atoms with E-state index in [0.717, 1.165) is 48.9 Å². The van der Waals surface area contributed by atoms with Gasteiger partial charge in [-0.3, -0.25) is 9.47 Å². The van der Waals surface area contributed by atoms with E-state index >= 15 is 0 Å². The second kappa shape index (κ2) is 12.9. The summed E-state index contributed by atoms with van der Waals surface area (Å²) in [6.45, 7) is 9.20. The van der Waals surface area contributed by atoms with E-state index in [2.05, 4.69) is 80.6 Å². The molecule has 1 aliphatic heterocycles. The molecule has 1 aliphatic rings. The molecule has 0 saturated carbocycles. The number of aromatic nitrogens is 4. The Balaban J connectivity index is 0.00000353. The lowest BCUT2D eigenvalue weighted by molar-refractivity contribution is 0.114. The first kappa shape index (κ1) is 29.5. The van der Waals surface area contributed by atoms with Gasteiger partial charge in [-0.2, -0.15) is 0 Å².